The molecule has 6 saturated heterocycles. The fourth-order valence-electron chi connectivity index (χ4n) is 9.17. The number of aliphatic hydroxyl groups excluding tert-OH is 17. The van der Waals surface area contributed by atoms with E-state index in [-0.39, 0.29) is 0 Å². The van der Waals surface area contributed by atoms with E-state index in [1.54, 1.807) is 0 Å². The molecule has 0 radical (unpaired) electrons. The fraction of sp³-hybridized carbons (Fsp3) is 1.00. The topological polar surface area (TPSA) is 464 Å². The van der Waals surface area contributed by atoms with Gasteiger partial charge in [0.25, 0.3) is 0 Å². The van der Waals surface area contributed by atoms with Gasteiger partial charge in [0.05, 0.1) is 45.7 Å². The van der Waals surface area contributed by atoms with Gasteiger partial charge in [0.2, 0.25) is 0 Å². The number of aliphatic hydroxyl groups is 17. The van der Waals surface area contributed by atoms with Crippen molar-refractivity contribution in [2.24, 2.45) is 0 Å². The molecular weight excluding hydrogens is 948 g/mol. The molecule has 0 amide bonds. The third-order valence-corrected chi connectivity index (χ3v) is 13.2. The second kappa shape index (κ2) is 24.9. The minimum atomic E-state index is -2.16. The van der Waals surface area contributed by atoms with Gasteiger partial charge in [-0.05, 0) is 6.92 Å². The van der Waals surface area contributed by atoms with Gasteiger partial charge in [0.1, 0.15) is 146 Å². The second-order valence-electron chi connectivity index (χ2n) is 17.5. The van der Waals surface area contributed by atoms with E-state index in [9.17, 15) is 86.8 Å². The van der Waals surface area contributed by atoms with Crippen molar-refractivity contribution in [3.05, 3.63) is 0 Å². The molecule has 6 aliphatic heterocycles. The van der Waals surface area contributed by atoms with Gasteiger partial charge in [-0.3, -0.25) is 0 Å². The minimum absolute atomic E-state index is 0.698. The number of rotatable bonds is 18. The average Bonchev–Trinajstić information content (AvgIpc) is 3.34. The fourth-order valence-corrected chi connectivity index (χ4v) is 9.17. The Labute approximate surface area is 393 Å². The zero-order valence-electron chi connectivity index (χ0n) is 37.5. The summed E-state index contributed by atoms with van der Waals surface area (Å²) in [5.74, 6) is 0. The SMILES string of the molecule is COC1C(CO)OC(OC2C(CO)OC(OCC3OC(OC4C(CO)O[C@H](C)C(O)C4O)C(O)C(O)C3OC3OC(CO)C(OC4OC(CO)C(OC)C(O)C4O)C(O)C3O)C(O)C2O)C(O)C1O. The van der Waals surface area contributed by atoms with E-state index in [0.717, 1.165) is 0 Å². The van der Waals surface area contributed by atoms with Crippen LogP contribution in [0.4, 0.5) is 0 Å². The summed E-state index contributed by atoms with van der Waals surface area (Å²) >= 11 is 0. The minimum Gasteiger partial charge on any atom is -0.394 e. The van der Waals surface area contributed by atoms with Crippen LogP contribution in [0.1, 0.15) is 6.92 Å². The van der Waals surface area contributed by atoms with Crippen LogP contribution < -0.4 is 0 Å². The van der Waals surface area contributed by atoms with Crippen molar-refractivity contribution in [3.63, 3.8) is 0 Å². The van der Waals surface area contributed by atoms with Crippen molar-refractivity contribution in [3.8, 4) is 0 Å². The van der Waals surface area contributed by atoms with E-state index < -0.39 is 224 Å². The zero-order valence-corrected chi connectivity index (χ0v) is 37.5. The van der Waals surface area contributed by atoms with Gasteiger partial charge in [-0.2, -0.15) is 0 Å². The first-order chi connectivity index (χ1) is 32.8. The Morgan fingerprint density at radius 3 is 0.884 bits per heavy atom. The Morgan fingerprint density at radius 2 is 0.551 bits per heavy atom. The molecular formula is C39H68O30. The Bertz CT molecular complexity index is 1530. The van der Waals surface area contributed by atoms with E-state index in [4.69, 9.17) is 61.6 Å². The van der Waals surface area contributed by atoms with Gasteiger partial charge >= 0.3 is 0 Å². The Hall–Kier alpha value is -1.20. The van der Waals surface area contributed by atoms with Gasteiger partial charge in [-0.15, -0.1) is 0 Å². The summed E-state index contributed by atoms with van der Waals surface area (Å²) in [5.41, 5.74) is 0. The van der Waals surface area contributed by atoms with E-state index in [1.807, 2.05) is 0 Å². The first-order valence-corrected chi connectivity index (χ1v) is 22.2. The molecule has 6 fully saturated rings. The lowest BCUT2D eigenvalue weighted by Gasteiger charge is -2.49. The zero-order chi connectivity index (χ0) is 50.8. The highest BCUT2D eigenvalue weighted by molar-refractivity contribution is 5.00. The molecule has 29 unspecified atom stereocenters. The van der Waals surface area contributed by atoms with E-state index in [2.05, 4.69) is 0 Å². The first kappa shape index (κ1) is 57.1. The monoisotopic (exact) mass is 1020 g/mol. The lowest BCUT2D eigenvalue weighted by molar-refractivity contribution is -0.390. The summed E-state index contributed by atoms with van der Waals surface area (Å²) in [4.78, 5) is 0. The highest BCUT2D eigenvalue weighted by atomic mass is 16.8. The van der Waals surface area contributed by atoms with Crippen LogP contribution in [0.3, 0.4) is 0 Å². The van der Waals surface area contributed by atoms with E-state index in [1.165, 1.54) is 21.1 Å². The summed E-state index contributed by atoms with van der Waals surface area (Å²) < 4.78 is 73.0. The molecule has 0 spiro atoms. The molecule has 0 aromatic rings. The maximum absolute atomic E-state index is 11.6. The highest BCUT2D eigenvalue weighted by Gasteiger charge is 2.57. The van der Waals surface area contributed by atoms with Crippen LogP contribution >= 0.6 is 0 Å². The molecule has 0 aliphatic carbocycles. The first-order valence-electron chi connectivity index (χ1n) is 22.2. The molecule has 6 heterocycles. The van der Waals surface area contributed by atoms with Gasteiger partial charge in [-0.25, -0.2) is 0 Å². The summed E-state index contributed by atoms with van der Waals surface area (Å²) in [6, 6.07) is 0. The van der Waals surface area contributed by atoms with Crippen LogP contribution in [-0.2, 0) is 61.6 Å². The van der Waals surface area contributed by atoms with Gasteiger partial charge < -0.3 is 148 Å². The van der Waals surface area contributed by atoms with Gasteiger partial charge in [0, 0.05) is 14.2 Å². The summed E-state index contributed by atoms with van der Waals surface area (Å²) in [5, 5.41) is 182. The van der Waals surface area contributed by atoms with Crippen LogP contribution in [-0.4, -0.2) is 325 Å². The molecule has 30 nitrogen and oxygen atoms in total. The second-order valence-corrected chi connectivity index (χ2v) is 17.5. The third kappa shape index (κ3) is 11.9. The largest absolute Gasteiger partial charge is 0.394 e. The highest BCUT2D eigenvalue weighted by Crippen LogP contribution is 2.36. The summed E-state index contributed by atoms with van der Waals surface area (Å²) in [6.07, 6.45) is -51.6. The quantitative estimate of drug-likeness (QED) is 0.0606. The van der Waals surface area contributed by atoms with E-state index >= 15 is 0 Å². The summed E-state index contributed by atoms with van der Waals surface area (Å²) in [7, 11) is 2.38. The van der Waals surface area contributed by atoms with E-state index in [0.29, 0.717) is 0 Å². The van der Waals surface area contributed by atoms with Gasteiger partial charge in [0.15, 0.2) is 31.5 Å². The molecule has 6 aliphatic rings. The maximum atomic E-state index is 11.6. The van der Waals surface area contributed by atoms with Crippen LogP contribution in [0.2, 0.25) is 0 Å². The molecule has 30 atom stereocenters. The standard InChI is InChI=1S/C39H68O30/c1-10-17(45)18(46)31(13(6-42)60-10)66-39-28(56)23(51)34(69-38-27(55)22(50)33(15(8-44)64-38)68-37-26(54)20(48)30(58-3)12(5-41)63-37)16(65-39)9-59-35-24(52)21(49)32(14(7-43)61-35)67-36-25(53)19(47)29(57-2)11(4-40)62-36/h10-56H,4-9H2,1-3H3/t10-,11?,12?,13?,14?,15?,16?,17?,18?,19?,20?,21?,22?,23?,24?,25?,26?,27?,28?,29?,30?,31?,32?,33?,34?,35?,36?,37?,38?,39?/m1/s1. The molecule has 0 aromatic heterocycles. The average molecular weight is 1020 g/mol. The lowest BCUT2D eigenvalue weighted by Crippen LogP contribution is -2.68. The van der Waals surface area contributed by atoms with Crippen molar-refractivity contribution in [2.75, 3.05) is 53.9 Å². The Balaban J connectivity index is 1.20. The predicted octanol–water partition coefficient (Wildman–Crippen LogP) is -11.7. The van der Waals surface area contributed by atoms with Crippen LogP contribution in [0.25, 0.3) is 0 Å². The van der Waals surface area contributed by atoms with Crippen LogP contribution in [0.15, 0.2) is 0 Å². The van der Waals surface area contributed by atoms with Crippen molar-refractivity contribution < 1.29 is 148 Å². The van der Waals surface area contributed by atoms with Crippen LogP contribution in [0, 0.1) is 0 Å². The molecule has 30 heteroatoms. The molecule has 6 rings (SSSR count). The number of ether oxygens (including phenoxy) is 13. The molecule has 0 saturated carbocycles. The summed E-state index contributed by atoms with van der Waals surface area (Å²) in [6.45, 7) is -3.56. The molecule has 0 aromatic carbocycles. The van der Waals surface area contributed by atoms with Crippen molar-refractivity contribution >= 4 is 0 Å². The smallest absolute Gasteiger partial charge is 0.187 e. The molecule has 0 bridgehead atoms. The number of hydrogen-bond acceptors (Lipinski definition) is 30. The predicted molar refractivity (Wildman–Crippen MR) is 212 cm³/mol. The Morgan fingerprint density at radius 1 is 0.304 bits per heavy atom. The van der Waals surface area contributed by atoms with Crippen molar-refractivity contribution in [2.45, 2.75) is 191 Å². The Kier molecular flexibility index (Phi) is 20.6. The number of hydrogen-bond donors (Lipinski definition) is 17. The maximum Gasteiger partial charge on any atom is 0.187 e. The van der Waals surface area contributed by atoms with Gasteiger partial charge in [-0.1, -0.05) is 0 Å². The van der Waals surface area contributed by atoms with Crippen molar-refractivity contribution in [1.29, 1.82) is 0 Å². The van der Waals surface area contributed by atoms with Crippen molar-refractivity contribution in [1.82, 2.24) is 0 Å². The number of methoxy groups -OCH3 is 2. The molecule has 69 heavy (non-hydrogen) atoms. The van der Waals surface area contributed by atoms with Crippen LogP contribution in [0.5, 0.6) is 0 Å². The molecule has 404 valence electrons. The molecule has 17 N–H and O–H groups in total. The lowest BCUT2D eigenvalue weighted by atomic mass is 9.94. The third-order valence-electron chi connectivity index (χ3n) is 13.2. The normalized spacial score (nSPS) is 52.2.